The van der Waals surface area contributed by atoms with Crippen molar-refractivity contribution in [1.29, 1.82) is 0 Å². The quantitative estimate of drug-likeness (QED) is 0.248. The van der Waals surface area contributed by atoms with Gasteiger partial charge in [-0.3, -0.25) is 24.1 Å². The maximum absolute atomic E-state index is 11.6. The van der Waals surface area contributed by atoms with Gasteiger partial charge < -0.3 is 15.2 Å². The Morgan fingerprint density at radius 1 is 1.39 bits per heavy atom. The number of aliphatic hydroxyl groups excluding tert-OH is 1. The predicted octanol–water partition coefficient (Wildman–Crippen LogP) is -1.19. The van der Waals surface area contributed by atoms with Gasteiger partial charge in [-0.2, -0.15) is 0 Å². The van der Waals surface area contributed by atoms with E-state index in [-0.39, 0.29) is 37.9 Å². The van der Waals surface area contributed by atoms with E-state index in [9.17, 15) is 19.5 Å². The molecule has 1 heterocycles. The Hall–Kier alpha value is -2.39. The average molecular weight is 327 g/mol. The third kappa shape index (κ3) is 6.94. The van der Waals surface area contributed by atoms with Crippen LogP contribution in [-0.4, -0.2) is 60.1 Å². The molecule has 0 fully saturated rings. The largest absolute Gasteiger partial charge is 0.478 e. The molecule has 0 spiro atoms. The van der Waals surface area contributed by atoms with Crippen molar-refractivity contribution < 1.29 is 29.1 Å². The molecular weight excluding hydrogens is 306 g/mol. The van der Waals surface area contributed by atoms with E-state index in [4.69, 9.17) is 9.57 Å². The summed E-state index contributed by atoms with van der Waals surface area (Å²) in [6.07, 6.45) is 1.35. The molecule has 0 aromatic rings. The number of hydrogen-bond donors (Lipinski definition) is 3. The van der Waals surface area contributed by atoms with Crippen LogP contribution in [0.15, 0.2) is 24.6 Å². The molecule has 23 heavy (non-hydrogen) atoms. The Bertz CT molecular complexity index is 473. The Morgan fingerprint density at radius 3 is 2.65 bits per heavy atom. The summed E-state index contributed by atoms with van der Waals surface area (Å²) in [6.45, 7) is 5.63. The second kappa shape index (κ2) is 9.59. The molecule has 9 nitrogen and oxygen atoms in total. The normalized spacial score (nSPS) is 14.8. The van der Waals surface area contributed by atoms with Crippen molar-refractivity contribution in [3.05, 3.63) is 24.6 Å². The molecule has 0 bridgehead atoms. The van der Waals surface area contributed by atoms with Gasteiger partial charge in [0.15, 0.2) is 0 Å². The fourth-order valence-corrected chi connectivity index (χ4v) is 1.67. The number of hydrogen-bond acceptors (Lipinski definition) is 7. The summed E-state index contributed by atoms with van der Waals surface area (Å²) in [5.41, 5.74) is 2.40. The van der Waals surface area contributed by atoms with E-state index in [0.717, 1.165) is 17.1 Å². The molecule has 1 rings (SSSR count). The van der Waals surface area contributed by atoms with Gasteiger partial charge in [-0.15, -0.1) is 0 Å². The van der Waals surface area contributed by atoms with Gasteiger partial charge >= 0.3 is 0 Å². The molecule has 128 valence electrons. The average Bonchev–Trinajstić information content (AvgIpc) is 2.82. The molecule has 3 amide bonds. The van der Waals surface area contributed by atoms with E-state index in [2.05, 4.69) is 17.4 Å². The van der Waals surface area contributed by atoms with Gasteiger partial charge in [-0.05, 0) is 13.5 Å². The van der Waals surface area contributed by atoms with Gasteiger partial charge in [0, 0.05) is 31.7 Å². The molecule has 0 aromatic heterocycles. The van der Waals surface area contributed by atoms with Gasteiger partial charge in [0.05, 0.1) is 12.7 Å². The van der Waals surface area contributed by atoms with Crippen molar-refractivity contribution in [2.75, 3.05) is 26.3 Å². The topological polar surface area (TPSA) is 117 Å². The lowest BCUT2D eigenvalue weighted by molar-refractivity contribution is -0.137. The lowest BCUT2D eigenvalue weighted by atomic mass is 10.3. The number of aliphatic hydroxyl groups is 1. The highest BCUT2D eigenvalue weighted by Gasteiger charge is 2.23. The number of nitrogens with zero attached hydrogens (tertiary/aromatic N) is 1. The van der Waals surface area contributed by atoms with Gasteiger partial charge in [0.2, 0.25) is 11.8 Å². The van der Waals surface area contributed by atoms with Gasteiger partial charge in [-0.1, -0.05) is 0 Å². The van der Waals surface area contributed by atoms with E-state index >= 15 is 0 Å². The molecular formula is C14H21N3O6. The van der Waals surface area contributed by atoms with Crippen LogP contribution in [0.4, 0.5) is 0 Å². The van der Waals surface area contributed by atoms with E-state index in [1.807, 2.05) is 0 Å². The van der Waals surface area contributed by atoms with Crippen molar-refractivity contribution in [1.82, 2.24) is 15.7 Å². The van der Waals surface area contributed by atoms with Gasteiger partial charge in [0.1, 0.15) is 6.61 Å². The first-order valence-electron chi connectivity index (χ1n) is 7.11. The van der Waals surface area contributed by atoms with Crippen LogP contribution in [0, 0.1) is 0 Å². The minimum absolute atomic E-state index is 0.00116. The summed E-state index contributed by atoms with van der Waals surface area (Å²) in [5.74, 6) is -1.03. The molecule has 1 aliphatic heterocycles. The second-order valence-electron chi connectivity index (χ2n) is 4.64. The van der Waals surface area contributed by atoms with Gasteiger partial charge in [-0.25, -0.2) is 5.48 Å². The van der Waals surface area contributed by atoms with Crippen molar-refractivity contribution in [3.63, 3.8) is 0 Å². The molecule has 0 aliphatic carbocycles. The standard InChI is InChI=1S/C14H21N3O6/c1-3-22-10(2)16-23-9-11(18)8-15-12(19)6-7-17-13(20)4-5-14(17)21/h4-5,11,16,18H,2-3,6-9H2,1H3,(H,15,19). The summed E-state index contributed by atoms with van der Waals surface area (Å²) < 4.78 is 4.97. The Balaban J connectivity index is 2.12. The van der Waals surface area contributed by atoms with Crippen LogP contribution >= 0.6 is 0 Å². The van der Waals surface area contributed by atoms with Crippen LogP contribution < -0.4 is 10.8 Å². The predicted molar refractivity (Wildman–Crippen MR) is 79.3 cm³/mol. The van der Waals surface area contributed by atoms with E-state index in [0.29, 0.717) is 6.61 Å². The highest BCUT2D eigenvalue weighted by molar-refractivity contribution is 6.13. The molecule has 1 aliphatic rings. The SMILES string of the molecule is C=C(NOCC(O)CNC(=O)CCN1C(=O)C=CC1=O)OCC. The van der Waals surface area contributed by atoms with Crippen LogP contribution in [-0.2, 0) is 24.0 Å². The molecule has 0 radical (unpaired) electrons. The van der Waals surface area contributed by atoms with Crippen LogP contribution in [0.3, 0.4) is 0 Å². The summed E-state index contributed by atoms with van der Waals surface area (Å²) >= 11 is 0. The van der Waals surface area contributed by atoms with Crippen LogP contribution in [0.25, 0.3) is 0 Å². The summed E-state index contributed by atoms with van der Waals surface area (Å²) in [6, 6.07) is 0. The third-order valence-electron chi connectivity index (χ3n) is 2.78. The first kappa shape index (κ1) is 18.7. The zero-order valence-electron chi connectivity index (χ0n) is 12.9. The molecule has 9 heteroatoms. The van der Waals surface area contributed by atoms with Gasteiger partial charge in [0.25, 0.3) is 11.8 Å². The summed E-state index contributed by atoms with van der Waals surface area (Å²) in [4.78, 5) is 40.1. The van der Waals surface area contributed by atoms with Crippen molar-refractivity contribution >= 4 is 17.7 Å². The van der Waals surface area contributed by atoms with Crippen LogP contribution in [0.5, 0.6) is 0 Å². The van der Waals surface area contributed by atoms with Crippen LogP contribution in [0.2, 0.25) is 0 Å². The number of nitrogens with one attached hydrogen (secondary N) is 2. The smallest absolute Gasteiger partial charge is 0.253 e. The summed E-state index contributed by atoms with van der Waals surface area (Å²) in [5, 5.41) is 12.1. The van der Waals surface area contributed by atoms with Crippen molar-refractivity contribution in [3.8, 4) is 0 Å². The Kier molecular flexibility index (Phi) is 7.78. The lowest BCUT2D eigenvalue weighted by Gasteiger charge is -2.15. The number of carbonyl (C=O) groups excluding carboxylic acids is 3. The number of amides is 3. The minimum atomic E-state index is -0.933. The summed E-state index contributed by atoms with van der Waals surface area (Å²) in [7, 11) is 0. The zero-order valence-corrected chi connectivity index (χ0v) is 12.9. The number of hydroxylamine groups is 1. The molecule has 1 unspecified atom stereocenters. The second-order valence-corrected chi connectivity index (χ2v) is 4.64. The van der Waals surface area contributed by atoms with Crippen molar-refractivity contribution in [2.45, 2.75) is 19.4 Å². The maximum Gasteiger partial charge on any atom is 0.253 e. The molecule has 0 aromatic carbocycles. The zero-order chi connectivity index (χ0) is 17.2. The molecule has 3 N–H and O–H groups in total. The fourth-order valence-electron chi connectivity index (χ4n) is 1.67. The highest BCUT2D eigenvalue weighted by Crippen LogP contribution is 2.03. The number of carbonyl (C=O) groups is 3. The first-order valence-corrected chi connectivity index (χ1v) is 7.11. The minimum Gasteiger partial charge on any atom is -0.478 e. The molecule has 0 saturated heterocycles. The highest BCUT2D eigenvalue weighted by atomic mass is 16.7. The molecule has 0 saturated carbocycles. The number of imide groups is 1. The Labute approximate surface area is 133 Å². The fraction of sp³-hybridized carbons (Fsp3) is 0.500. The van der Waals surface area contributed by atoms with E-state index in [1.165, 1.54) is 0 Å². The van der Waals surface area contributed by atoms with Crippen molar-refractivity contribution in [2.24, 2.45) is 0 Å². The monoisotopic (exact) mass is 327 g/mol. The van der Waals surface area contributed by atoms with E-state index < -0.39 is 17.9 Å². The molecule has 1 atom stereocenters. The lowest BCUT2D eigenvalue weighted by Crippen LogP contribution is -2.38. The van der Waals surface area contributed by atoms with Crippen LogP contribution in [0.1, 0.15) is 13.3 Å². The first-order chi connectivity index (χ1) is 10.9. The maximum atomic E-state index is 11.6. The van der Waals surface area contributed by atoms with E-state index in [1.54, 1.807) is 6.92 Å². The number of rotatable bonds is 11. The third-order valence-corrected chi connectivity index (χ3v) is 2.78. The Morgan fingerprint density at radius 2 is 2.04 bits per heavy atom. The number of ether oxygens (including phenoxy) is 1.